The Balaban J connectivity index is 0.00000264. The lowest BCUT2D eigenvalue weighted by atomic mass is 10.1. The minimum absolute atomic E-state index is 0. The number of pyridine rings is 1. The van der Waals surface area contributed by atoms with E-state index in [1.807, 2.05) is 0 Å². The van der Waals surface area contributed by atoms with Crippen molar-refractivity contribution in [2.75, 3.05) is 13.6 Å². The average molecular weight is 462 g/mol. The monoisotopic (exact) mass is 460 g/mol. The fourth-order valence-electron chi connectivity index (χ4n) is 3.35. The Hall–Kier alpha value is -0.190. The van der Waals surface area contributed by atoms with Crippen LogP contribution in [0.15, 0.2) is 36.7 Å². The number of allylic oxidation sites excluding steroid dienone is 2. The van der Waals surface area contributed by atoms with Crippen LogP contribution in [0.5, 0.6) is 0 Å². The third-order valence-corrected chi connectivity index (χ3v) is 4.71. The van der Waals surface area contributed by atoms with Crippen molar-refractivity contribution in [2.45, 2.75) is 70.9 Å². The second-order valence-electron chi connectivity index (χ2n) is 6.62. The topological polar surface area (TPSA) is 7.12 Å². The molecule has 1 aromatic heterocycles. The van der Waals surface area contributed by atoms with E-state index in [1.165, 1.54) is 63.5 Å². The van der Waals surface area contributed by atoms with E-state index in [0.717, 1.165) is 6.54 Å². The van der Waals surface area contributed by atoms with Crippen LogP contribution < -0.4 is 21.5 Å². The van der Waals surface area contributed by atoms with Gasteiger partial charge >= 0.3 is 0 Å². The van der Waals surface area contributed by atoms with Crippen LogP contribution in [0.25, 0.3) is 0 Å². The third kappa shape index (κ3) is 8.26. The minimum Gasteiger partial charge on any atom is -1.00 e. The number of aryl methyl sites for hydroxylation is 1. The highest BCUT2D eigenvalue weighted by Gasteiger charge is 2.24. The van der Waals surface area contributed by atoms with Gasteiger partial charge in [0.1, 0.15) is 6.54 Å². The molecule has 1 aliphatic rings. The normalized spacial score (nSPS) is 17.7. The van der Waals surface area contributed by atoms with Crippen molar-refractivity contribution in [3.8, 4) is 0 Å². The summed E-state index contributed by atoms with van der Waals surface area (Å²) in [7, 11) is 2.25. The van der Waals surface area contributed by atoms with E-state index in [1.54, 1.807) is 0 Å². The summed E-state index contributed by atoms with van der Waals surface area (Å²) in [5.74, 6) is 0. The standard InChI is InChI=1S/C20H33N2.2BrH/c1-3-4-5-6-7-8-9-10-16-22-17-11-13-19(18-22)20-14-12-15-21(20)2;;/h7-8,11,13,17-18,20H,3-6,9-10,12,14-16H2,1-2H3;2*1H/q+1;;/p-1/b8-7-;;/t20-;;/m0../s1. The predicted molar refractivity (Wildman–Crippen MR) is 104 cm³/mol. The first-order valence-electron chi connectivity index (χ1n) is 9.15. The van der Waals surface area contributed by atoms with Gasteiger partial charge in [0.2, 0.25) is 0 Å². The molecule has 1 aliphatic heterocycles. The number of likely N-dealkylation sites (tertiary alicyclic amines) is 1. The number of hydrogen-bond donors (Lipinski definition) is 0. The van der Waals surface area contributed by atoms with Crippen LogP contribution in [0.3, 0.4) is 0 Å². The Bertz CT molecular complexity index is 463. The van der Waals surface area contributed by atoms with Crippen molar-refractivity contribution in [2.24, 2.45) is 0 Å². The molecular weight excluding hydrogens is 428 g/mol. The van der Waals surface area contributed by atoms with E-state index in [0.29, 0.717) is 6.04 Å². The van der Waals surface area contributed by atoms with Gasteiger partial charge in [-0.15, -0.1) is 17.0 Å². The maximum Gasteiger partial charge on any atom is 0.173 e. The summed E-state index contributed by atoms with van der Waals surface area (Å²) < 4.78 is 2.37. The Labute approximate surface area is 169 Å². The fourth-order valence-corrected chi connectivity index (χ4v) is 3.35. The Kier molecular flexibility index (Phi) is 13.9. The molecule has 138 valence electrons. The van der Waals surface area contributed by atoms with Crippen molar-refractivity contribution in [1.29, 1.82) is 0 Å². The molecule has 2 nitrogen and oxygen atoms in total. The van der Waals surface area contributed by atoms with Gasteiger partial charge in [0.25, 0.3) is 0 Å². The lowest BCUT2D eigenvalue weighted by Crippen LogP contribution is -3.00. The van der Waals surface area contributed by atoms with Gasteiger partial charge in [-0.05, 0) is 51.8 Å². The van der Waals surface area contributed by atoms with Gasteiger partial charge in [0.15, 0.2) is 12.4 Å². The molecule has 0 radical (unpaired) electrons. The predicted octanol–water partition coefficient (Wildman–Crippen LogP) is 2.24. The molecule has 1 atom stereocenters. The molecule has 2 heterocycles. The average Bonchev–Trinajstić information content (AvgIpc) is 2.96. The molecule has 1 fully saturated rings. The first-order valence-corrected chi connectivity index (χ1v) is 9.15. The zero-order valence-electron chi connectivity index (χ0n) is 15.3. The van der Waals surface area contributed by atoms with E-state index < -0.39 is 0 Å². The zero-order valence-corrected chi connectivity index (χ0v) is 18.6. The van der Waals surface area contributed by atoms with Crippen molar-refractivity contribution in [1.82, 2.24) is 4.90 Å². The van der Waals surface area contributed by atoms with Crippen molar-refractivity contribution >= 4 is 17.0 Å². The summed E-state index contributed by atoms with van der Waals surface area (Å²) in [5.41, 5.74) is 1.48. The van der Waals surface area contributed by atoms with Gasteiger partial charge in [0, 0.05) is 24.1 Å². The summed E-state index contributed by atoms with van der Waals surface area (Å²) in [5, 5.41) is 0. The lowest BCUT2D eigenvalue weighted by molar-refractivity contribution is -0.697. The molecule has 1 aromatic rings. The van der Waals surface area contributed by atoms with Crippen molar-refractivity contribution in [3.05, 3.63) is 42.2 Å². The summed E-state index contributed by atoms with van der Waals surface area (Å²) in [6.45, 7) is 4.63. The quantitative estimate of drug-likeness (QED) is 0.310. The van der Waals surface area contributed by atoms with Crippen molar-refractivity contribution < 1.29 is 21.5 Å². The summed E-state index contributed by atoms with van der Waals surface area (Å²) >= 11 is 0. The van der Waals surface area contributed by atoms with Crippen LogP contribution in [0.1, 0.15) is 69.9 Å². The van der Waals surface area contributed by atoms with Gasteiger partial charge in [-0.25, -0.2) is 4.57 Å². The number of nitrogens with zero attached hydrogens (tertiary/aromatic N) is 2. The van der Waals surface area contributed by atoms with Gasteiger partial charge in [-0.1, -0.05) is 31.9 Å². The van der Waals surface area contributed by atoms with Crippen LogP contribution in [0.2, 0.25) is 0 Å². The van der Waals surface area contributed by atoms with Gasteiger partial charge < -0.3 is 17.0 Å². The first-order chi connectivity index (χ1) is 10.8. The van der Waals surface area contributed by atoms with Crippen LogP contribution >= 0.6 is 17.0 Å². The van der Waals surface area contributed by atoms with E-state index in [2.05, 4.69) is 60.1 Å². The van der Waals surface area contributed by atoms with E-state index in [9.17, 15) is 0 Å². The highest BCUT2D eigenvalue weighted by atomic mass is 79.9. The maximum atomic E-state index is 2.48. The molecule has 0 saturated carbocycles. The van der Waals surface area contributed by atoms with Crippen molar-refractivity contribution in [3.63, 3.8) is 0 Å². The number of halogens is 2. The third-order valence-electron chi connectivity index (χ3n) is 4.71. The fraction of sp³-hybridized carbons (Fsp3) is 0.650. The van der Waals surface area contributed by atoms with E-state index in [-0.39, 0.29) is 34.0 Å². The highest BCUT2D eigenvalue weighted by molar-refractivity contribution is 8.93. The van der Waals surface area contributed by atoms with Crippen LogP contribution in [0.4, 0.5) is 0 Å². The maximum absolute atomic E-state index is 2.48. The molecule has 0 aromatic carbocycles. The molecule has 0 N–H and O–H groups in total. The molecule has 4 heteroatoms. The number of unbranched alkanes of at least 4 members (excludes halogenated alkanes) is 4. The smallest absolute Gasteiger partial charge is 0.173 e. The minimum atomic E-state index is 0. The second kappa shape index (κ2) is 14.0. The molecule has 0 amide bonds. The molecule has 1 saturated heterocycles. The van der Waals surface area contributed by atoms with Gasteiger partial charge in [0.05, 0.1) is 0 Å². The second-order valence-corrected chi connectivity index (χ2v) is 6.62. The summed E-state index contributed by atoms with van der Waals surface area (Å²) in [6, 6.07) is 5.13. The summed E-state index contributed by atoms with van der Waals surface area (Å²) in [6.07, 6.45) is 19.7. The lowest BCUT2D eigenvalue weighted by Gasteiger charge is -2.18. The SMILES string of the molecule is Br.CCCCC/C=C\CCC[n+]1cccc([C@@H]2CCCN2C)c1.[Br-]. The van der Waals surface area contributed by atoms with E-state index >= 15 is 0 Å². The van der Waals surface area contributed by atoms with Gasteiger partial charge in [-0.2, -0.15) is 0 Å². The Morgan fingerprint density at radius 1 is 1.21 bits per heavy atom. The first kappa shape index (κ1) is 23.8. The Morgan fingerprint density at radius 2 is 1.96 bits per heavy atom. The number of aromatic nitrogens is 1. The van der Waals surface area contributed by atoms with Crippen LogP contribution in [-0.4, -0.2) is 18.5 Å². The molecule has 0 bridgehead atoms. The molecule has 0 spiro atoms. The van der Waals surface area contributed by atoms with Crippen LogP contribution in [-0.2, 0) is 6.54 Å². The Morgan fingerprint density at radius 3 is 2.62 bits per heavy atom. The van der Waals surface area contributed by atoms with Crippen LogP contribution in [0, 0.1) is 0 Å². The van der Waals surface area contributed by atoms with E-state index in [4.69, 9.17) is 0 Å². The van der Waals surface area contributed by atoms with Gasteiger partial charge in [-0.3, -0.25) is 4.90 Å². The molecular formula is C20H34Br2N2. The molecule has 0 unspecified atom stereocenters. The zero-order chi connectivity index (χ0) is 15.6. The number of rotatable bonds is 9. The molecule has 0 aliphatic carbocycles. The largest absolute Gasteiger partial charge is 1.00 e. The molecule has 24 heavy (non-hydrogen) atoms. The summed E-state index contributed by atoms with van der Waals surface area (Å²) in [4.78, 5) is 2.48. The number of hydrogen-bond acceptors (Lipinski definition) is 1. The molecule has 2 rings (SSSR count). The highest BCUT2D eigenvalue weighted by Crippen LogP contribution is 2.29.